The lowest BCUT2D eigenvalue weighted by Crippen LogP contribution is -2.32. The highest BCUT2D eigenvalue weighted by atomic mass is 35.5. The number of fused-ring (bicyclic) bond motifs is 2. The van der Waals surface area contributed by atoms with Gasteiger partial charge in [0.2, 0.25) is 5.76 Å². The van der Waals surface area contributed by atoms with Crippen LogP contribution >= 0.6 is 11.6 Å². The van der Waals surface area contributed by atoms with E-state index in [-0.39, 0.29) is 29.9 Å². The van der Waals surface area contributed by atoms with Gasteiger partial charge in [-0.05, 0) is 49.2 Å². The first-order valence-electron chi connectivity index (χ1n) is 10.6. The number of carbonyl (C=O) groups excluding carboxylic acids is 1. The molecular formula is C25H24ClNO6. The van der Waals surface area contributed by atoms with Gasteiger partial charge in [0.25, 0.3) is 5.91 Å². The van der Waals surface area contributed by atoms with Crippen LogP contribution in [0.4, 0.5) is 0 Å². The van der Waals surface area contributed by atoms with Gasteiger partial charge in [-0.3, -0.25) is 9.59 Å². The average Bonchev–Trinajstić information content (AvgIpc) is 3.07. The molecular weight excluding hydrogens is 446 g/mol. The quantitative estimate of drug-likeness (QED) is 0.496. The predicted octanol–water partition coefficient (Wildman–Crippen LogP) is 4.26. The predicted molar refractivity (Wildman–Crippen MR) is 125 cm³/mol. The van der Waals surface area contributed by atoms with Crippen LogP contribution in [0, 0.1) is 6.92 Å². The van der Waals surface area contributed by atoms with Crippen molar-refractivity contribution in [3.63, 3.8) is 0 Å². The molecule has 2 heterocycles. The zero-order chi connectivity index (χ0) is 23.7. The molecule has 1 unspecified atom stereocenters. The topological polar surface area (TPSA) is 89.2 Å². The van der Waals surface area contributed by atoms with E-state index in [1.165, 1.54) is 4.90 Å². The van der Waals surface area contributed by atoms with E-state index in [2.05, 4.69) is 6.58 Å². The molecule has 0 fully saturated rings. The molecule has 0 saturated carbocycles. The summed E-state index contributed by atoms with van der Waals surface area (Å²) in [5.41, 5.74) is 1.54. The number of carbonyl (C=O) groups is 1. The molecule has 1 aliphatic rings. The van der Waals surface area contributed by atoms with Gasteiger partial charge >= 0.3 is 0 Å². The first-order chi connectivity index (χ1) is 15.9. The second kappa shape index (κ2) is 9.29. The lowest BCUT2D eigenvalue weighted by Gasteiger charge is -2.25. The fourth-order valence-corrected chi connectivity index (χ4v) is 4.22. The minimum absolute atomic E-state index is 0.0297. The summed E-state index contributed by atoms with van der Waals surface area (Å²) < 4.78 is 17.3. The van der Waals surface area contributed by atoms with Gasteiger partial charge in [-0.2, -0.15) is 0 Å². The van der Waals surface area contributed by atoms with Crippen molar-refractivity contribution >= 4 is 28.5 Å². The summed E-state index contributed by atoms with van der Waals surface area (Å²) in [4.78, 5) is 28.2. The van der Waals surface area contributed by atoms with Gasteiger partial charge in [0.15, 0.2) is 16.9 Å². The third-order valence-electron chi connectivity index (χ3n) is 5.53. The Morgan fingerprint density at radius 3 is 2.70 bits per heavy atom. The van der Waals surface area contributed by atoms with Crippen LogP contribution in [0.25, 0.3) is 11.0 Å². The Hall–Kier alpha value is -3.29. The molecule has 2 aromatic carbocycles. The van der Waals surface area contributed by atoms with Crippen LogP contribution in [-0.4, -0.2) is 42.3 Å². The second-order valence-corrected chi connectivity index (χ2v) is 8.04. The number of β-amino-alcohol motifs (C(OH)–C–C–N with tert-alkyl or cyclic N) is 1. The number of hydrogen-bond acceptors (Lipinski definition) is 6. The number of benzene rings is 2. The molecule has 1 aliphatic heterocycles. The van der Waals surface area contributed by atoms with Gasteiger partial charge in [-0.1, -0.05) is 30.3 Å². The van der Waals surface area contributed by atoms with Crippen molar-refractivity contribution in [1.82, 2.24) is 4.90 Å². The minimum Gasteiger partial charge on any atom is -0.490 e. The Labute approximate surface area is 195 Å². The lowest BCUT2D eigenvalue weighted by atomic mass is 9.98. The molecule has 0 bridgehead atoms. The number of aliphatic hydroxyl groups is 1. The first kappa shape index (κ1) is 22.9. The molecule has 7 nitrogen and oxygen atoms in total. The van der Waals surface area contributed by atoms with Gasteiger partial charge in [0.1, 0.15) is 12.2 Å². The van der Waals surface area contributed by atoms with Gasteiger partial charge in [0, 0.05) is 11.6 Å². The monoisotopic (exact) mass is 469 g/mol. The van der Waals surface area contributed by atoms with Crippen LogP contribution < -0.4 is 14.9 Å². The van der Waals surface area contributed by atoms with Crippen molar-refractivity contribution in [1.29, 1.82) is 0 Å². The number of rotatable bonds is 8. The lowest BCUT2D eigenvalue weighted by molar-refractivity contribution is 0.0691. The molecule has 8 heteroatoms. The van der Waals surface area contributed by atoms with Crippen LogP contribution in [0.2, 0.25) is 5.02 Å². The SMILES string of the molecule is C=CCOc1ccc(C2c3c(oc4cc(C)c(Cl)cc4c3=O)C(=O)N2CCO)cc1OCC. The van der Waals surface area contributed by atoms with Crippen molar-refractivity contribution in [2.24, 2.45) is 0 Å². The fraction of sp³-hybridized carbons (Fsp3) is 0.280. The molecule has 1 amide bonds. The summed E-state index contributed by atoms with van der Waals surface area (Å²) in [6.07, 6.45) is 1.63. The average molecular weight is 470 g/mol. The molecule has 0 saturated heterocycles. The molecule has 0 radical (unpaired) electrons. The molecule has 1 aromatic heterocycles. The summed E-state index contributed by atoms with van der Waals surface area (Å²) in [6.45, 7) is 7.76. The van der Waals surface area contributed by atoms with E-state index in [4.69, 9.17) is 25.5 Å². The standard InChI is InChI=1S/C25H24ClNO6/c1-4-10-32-18-7-6-15(12-20(18)31-5-2)22-21-23(29)16-13-17(26)14(3)11-19(16)33-24(21)25(30)27(22)8-9-28/h4,6-7,11-13,22,28H,1,5,8-10H2,2-3H3. The molecule has 1 N–H and O–H groups in total. The van der Waals surface area contributed by atoms with Crippen LogP contribution in [0.3, 0.4) is 0 Å². The Morgan fingerprint density at radius 1 is 1.21 bits per heavy atom. The molecule has 0 spiro atoms. The summed E-state index contributed by atoms with van der Waals surface area (Å²) >= 11 is 6.26. The van der Waals surface area contributed by atoms with E-state index in [9.17, 15) is 14.7 Å². The van der Waals surface area contributed by atoms with Crippen molar-refractivity contribution in [2.45, 2.75) is 19.9 Å². The maximum absolute atomic E-state index is 13.6. The van der Waals surface area contributed by atoms with E-state index in [1.54, 1.807) is 43.3 Å². The zero-order valence-corrected chi connectivity index (χ0v) is 19.1. The number of amides is 1. The Kier molecular flexibility index (Phi) is 6.44. The number of aryl methyl sites for hydroxylation is 1. The molecule has 1 atom stereocenters. The van der Waals surface area contributed by atoms with Gasteiger partial charge in [-0.15, -0.1) is 0 Å². The highest BCUT2D eigenvalue weighted by Crippen LogP contribution is 2.41. The van der Waals surface area contributed by atoms with Crippen molar-refractivity contribution in [3.05, 3.63) is 80.7 Å². The van der Waals surface area contributed by atoms with E-state index < -0.39 is 11.9 Å². The van der Waals surface area contributed by atoms with Crippen LogP contribution in [0.15, 0.2) is 52.2 Å². The normalized spacial score (nSPS) is 15.1. The summed E-state index contributed by atoms with van der Waals surface area (Å²) in [5, 5.41) is 10.4. The summed E-state index contributed by atoms with van der Waals surface area (Å²) in [7, 11) is 0. The number of ether oxygens (including phenoxy) is 2. The second-order valence-electron chi connectivity index (χ2n) is 7.64. The minimum atomic E-state index is -0.756. The first-order valence-corrected chi connectivity index (χ1v) is 11.0. The zero-order valence-electron chi connectivity index (χ0n) is 18.4. The van der Waals surface area contributed by atoms with Crippen molar-refractivity contribution in [2.75, 3.05) is 26.4 Å². The van der Waals surface area contributed by atoms with Crippen LogP contribution in [0.5, 0.6) is 11.5 Å². The van der Waals surface area contributed by atoms with Crippen LogP contribution in [-0.2, 0) is 0 Å². The highest BCUT2D eigenvalue weighted by molar-refractivity contribution is 6.32. The fourth-order valence-electron chi connectivity index (χ4n) is 4.06. The summed E-state index contributed by atoms with van der Waals surface area (Å²) in [5.74, 6) is 0.510. The van der Waals surface area contributed by atoms with Crippen molar-refractivity contribution in [3.8, 4) is 11.5 Å². The number of halogens is 1. The third kappa shape index (κ3) is 3.98. The number of hydrogen-bond donors (Lipinski definition) is 1. The van der Waals surface area contributed by atoms with E-state index >= 15 is 0 Å². The van der Waals surface area contributed by atoms with Gasteiger partial charge in [0.05, 0.1) is 30.2 Å². The maximum atomic E-state index is 13.6. The van der Waals surface area contributed by atoms with Gasteiger partial charge < -0.3 is 23.9 Å². The number of nitrogens with zero attached hydrogens (tertiary/aromatic N) is 1. The Balaban J connectivity index is 1.93. The Bertz CT molecular complexity index is 1300. The molecule has 172 valence electrons. The van der Waals surface area contributed by atoms with E-state index in [1.807, 2.05) is 6.92 Å². The smallest absolute Gasteiger partial charge is 0.290 e. The third-order valence-corrected chi connectivity index (χ3v) is 5.94. The number of aliphatic hydroxyl groups excluding tert-OH is 1. The van der Waals surface area contributed by atoms with Crippen molar-refractivity contribution < 1.29 is 23.8 Å². The van der Waals surface area contributed by atoms with E-state index in [0.29, 0.717) is 46.3 Å². The van der Waals surface area contributed by atoms with Crippen LogP contribution in [0.1, 0.15) is 40.2 Å². The molecule has 3 aromatic rings. The van der Waals surface area contributed by atoms with E-state index in [0.717, 1.165) is 5.56 Å². The Morgan fingerprint density at radius 2 is 2.00 bits per heavy atom. The maximum Gasteiger partial charge on any atom is 0.290 e. The molecule has 0 aliphatic carbocycles. The largest absolute Gasteiger partial charge is 0.490 e. The summed E-state index contributed by atoms with van der Waals surface area (Å²) in [6, 6.07) is 7.69. The molecule has 4 rings (SSSR count). The van der Waals surface area contributed by atoms with Gasteiger partial charge in [-0.25, -0.2) is 0 Å². The highest BCUT2D eigenvalue weighted by Gasteiger charge is 2.42. The molecule has 33 heavy (non-hydrogen) atoms.